The standard InChI is InChI=1S/C22H19Br2FO3S2/c23-21-17-18(25)19(29-20(17)22(24)30-21)15(26)10-6-1-2-7-13-28-16(27)12-11-14-8-4-3-5-9-14/h3-5,8-9,11-12H,1-2,6-7,10,13H2/b12-11+. The van der Waals surface area contributed by atoms with Gasteiger partial charge < -0.3 is 4.74 Å². The van der Waals surface area contributed by atoms with Crippen LogP contribution >= 0.6 is 54.5 Å². The fourth-order valence-electron chi connectivity index (χ4n) is 2.88. The Bertz CT molecular complexity index is 1060. The number of esters is 1. The monoisotopic (exact) mass is 572 g/mol. The van der Waals surface area contributed by atoms with E-state index in [2.05, 4.69) is 31.9 Å². The van der Waals surface area contributed by atoms with Crippen molar-refractivity contribution in [2.75, 3.05) is 6.61 Å². The number of carbonyl (C=O) groups is 2. The molecule has 0 atom stereocenters. The van der Waals surface area contributed by atoms with E-state index in [0.717, 1.165) is 33.3 Å². The van der Waals surface area contributed by atoms with E-state index in [1.165, 1.54) is 28.7 Å². The highest BCUT2D eigenvalue weighted by molar-refractivity contribution is 9.12. The van der Waals surface area contributed by atoms with Crippen LogP contribution in [0.15, 0.2) is 44.0 Å². The van der Waals surface area contributed by atoms with Crippen molar-refractivity contribution >= 4 is 82.4 Å². The van der Waals surface area contributed by atoms with Crippen molar-refractivity contribution in [1.29, 1.82) is 0 Å². The minimum atomic E-state index is -0.427. The number of fused-ring (bicyclic) bond motifs is 1. The van der Waals surface area contributed by atoms with Gasteiger partial charge in [-0.25, -0.2) is 9.18 Å². The number of rotatable bonds is 10. The molecule has 0 bridgehead atoms. The first-order valence-corrected chi connectivity index (χ1v) is 12.7. The molecule has 0 aliphatic carbocycles. The molecule has 2 aromatic heterocycles. The third-order valence-electron chi connectivity index (χ3n) is 4.41. The van der Waals surface area contributed by atoms with Crippen LogP contribution in [0.5, 0.6) is 0 Å². The van der Waals surface area contributed by atoms with Gasteiger partial charge in [0.1, 0.15) is 4.88 Å². The molecule has 0 spiro atoms. The average Bonchev–Trinajstić information content (AvgIpc) is 3.23. The SMILES string of the molecule is O=C(/C=C/c1ccccc1)OCCCCCCC(=O)c1sc2c(Br)sc(Br)c2c1F. The largest absolute Gasteiger partial charge is 0.463 e. The van der Waals surface area contributed by atoms with Crippen LogP contribution in [-0.2, 0) is 9.53 Å². The first-order chi connectivity index (χ1) is 14.5. The number of carbonyl (C=O) groups excluding carboxylic acids is 2. The van der Waals surface area contributed by atoms with E-state index < -0.39 is 5.82 Å². The van der Waals surface area contributed by atoms with Gasteiger partial charge in [-0.3, -0.25) is 4.79 Å². The zero-order valence-electron chi connectivity index (χ0n) is 16.0. The van der Waals surface area contributed by atoms with E-state index in [0.29, 0.717) is 28.6 Å². The summed E-state index contributed by atoms with van der Waals surface area (Å²) >= 11 is 9.38. The van der Waals surface area contributed by atoms with E-state index >= 15 is 0 Å². The maximum absolute atomic E-state index is 14.6. The maximum atomic E-state index is 14.6. The first kappa shape index (κ1) is 23.3. The Balaban J connectivity index is 1.33. The number of hydrogen-bond acceptors (Lipinski definition) is 5. The Hall–Kier alpha value is -1.35. The summed E-state index contributed by atoms with van der Waals surface area (Å²) in [6.45, 7) is 0.351. The van der Waals surface area contributed by atoms with Crippen LogP contribution in [0.1, 0.15) is 47.3 Å². The van der Waals surface area contributed by atoms with E-state index in [-0.39, 0.29) is 16.6 Å². The van der Waals surface area contributed by atoms with Crippen LogP contribution < -0.4 is 0 Å². The summed E-state index contributed by atoms with van der Waals surface area (Å²) in [5.41, 5.74) is 0.945. The summed E-state index contributed by atoms with van der Waals surface area (Å²) in [5.74, 6) is -0.946. The van der Waals surface area contributed by atoms with Gasteiger partial charge in [0.25, 0.3) is 0 Å². The highest BCUT2D eigenvalue weighted by atomic mass is 79.9. The Kier molecular flexibility index (Phi) is 8.80. The van der Waals surface area contributed by atoms with Crippen LogP contribution in [0.25, 0.3) is 16.2 Å². The Labute approximate surface area is 199 Å². The van der Waals surface area contributed by atoms with Crippen LogP contribution in [0, 0.1) is 5.82 Å². The predicted octanol–water partition coefficient (Wildman–Crippen LogP) is 8.02. The highest BCUT2D eigenvalue weighted by Gasteiger charge is 2.23. The van der Waals surface area contributed by atoms with Gasteiger partial charge in [-0.2, -0.15) is 0 Å². The smallest absolute Gasteiger partial charge is 0.330 e. The lowest BCUT2D eigenvalue weighted by Gasteiger charge is -2.03. The Morgan fingerprint density at radius 3 is 2.47 bits per heavy atom. The molecule has 0 saturated heterocycles. The summed E-state index contributed by atoms with van der Waals surface area (Å²) in [6.07, 6.45) is 6.57. The molecule has 0 fully saturated rings. The molecular weight excluding hydrogens is 555 g/mol. The third-order valence-corrected chi connectivity index (χ3v) is 8.56. The first-order valence-electron chi connectivity index (χ1n) is 9.46. The highest BCUT2D eigenvalue weighted by Crippen LogP contribution is 2.45. The molecule has 3 rings (SSSR count). The van der Waals surface area contributed by atoms with Crippen molar-refractivity contribution in [3.8, 4) is 0 Å². The summed E-state index contributed by atoms with van der Waals surface area (Å²) in [4.78, 5) is 24.3. The van der Waals surface area contributed by atoms with Crippen molar-refractivity contribution in [2.24, 2.45) is 0 Å². The molecule has 158 valence electrons. The third kappa shape index (κ3) is 6.09. The molecule has 2 heterocycles. The second-order valence-corrected chi connectivity index (χ2v) is 11.3. The normalized spacial score (nSPS) is 11.4. The fourth-order valence-corrected chi connectivity index (χ4v) is 7.40. The predicted molar refractivity (Wildman–Crippen MR) is 129 cm³/mol. The van der Waals surface area contributed by atoms with Crippen molar-refractivity contribution in [2.45, 2.75) is 32.1 Å². The minimum Gasteiger partial charge on any atom is -0.463 e. The molecule has 3 nitrogen and oxygen atoms in total. The molecule has 1 aromatic carbocycles. The lowest BCUT2D eigenvalue weighted by atomic mass is 10.1. The van der Waals surface area contributed by atoms with Gasteiger partial charge in [0.2, 0.25) is 0 Å². The summed E-state index contributed by atoms with van der Waals surface area (Å²) < 4.78 is 22.1. The molecule has 0 radical (unpaired) electrons. The van der Waals surface area contributed by atoms with Crippen LogP contribution in [0.3, 0.4) is 0 Å². The van der Waals surface area contributed by atoms with Gasteiger partial charge >= 0.3 is 5.97 Å². The molecule has 8 heteroatoms. The maximum Gasteiger partial charge on any atom is 0.330 e. The zero-order chi connectivity index (χ0) is 21.5. The van der Waals surface area contributed by atoms with Gasteiger partial charge in [0.05, 0.1) is 24.3 Å². The van der Waals surface area contributed by atoms with Crippen LogP contribution in [0.2, 0.25) is 0 Å². The lowest BCUT2D eigenvalue weighted by molar-refractivity contribution is -0.137. The molecule has 0 aliphatic rings. The number of ether oxygens (including phenoxy) is 1. The summed E-state index contributed by atoms with van der Waals surface area (Å²) in [7, 11) is 0. The number of halogens is 3. The van der Waals surface area contributed by atoms with E-state index in [1.807, 2.05) is 30.3 Å². The average molecular weight is 574 g/mol. The fraction of sp³-hybridized carbons (Fsp3) is 0.273. The molecular formula is C22H19Br2FO3S2. The molecule has 0 unspecified atom stereocenters. The number of Topliss-reactive ketones (excluding diaryl/α,β-unsaturated/α-hetero) is 1. The molecule has 3 aromatic rings. The molecule has 0 aliphatic heterocycles. The minimum absolute atomic E-state index is 0.157. The molecule has 0 amide bonds. The van der Waals surface area contributed by atoms with Gasteiger partial charge in [-0.15, -0.1) is 22.7 Å². The number of unbranched alkanes of at least 4 members (excludes halogenated alkanes) is 3. The van der Waals surface area contributed by atoms with E-state index in [9.17, 15) is 14.0 Å². The van der Waals surface area contributed by atoms with Crippen molar-refractivity contribution in [3.05, 3.63) is 60.2 Å². The molecule has 0 N–H and O–H groups in total. The van der Waals surface area contributed by atoms with Crippen LogP contribution in [-0.4, -0.2) is 18.4 Å². The second kappa shape index (κ2) is 11.3. The number of thiophene rings is 2. The Morgan fingerprint density at radius 2 is 1.73 bits per heavy atom. The Morgan fingerprint density at radius 1 is 1.00 bits per heavy atom. The second-order valence-electron chi connectivity index (χ2n) is 6.60. The van der Waals surface area contributed by atoms with E-state index in [4.69, 9.17) is 4.74 Å². The van der Waals surface area contributed by atoms with Crippen molar-refractivity contribution < 1.29 is 18.7 Å². The molecule has 0 saturated carbocycles. The van der Waals surface area contributed by atoms with Crippen molar-refractivity contribution in [1.82, 2.24) is 0 Å². The quantitative estimate of drug-likeness (QED) is 0.107. The summed E-state index contributed by atoms with van der Waals surface area (Å²) in [5, 5.41) is 0.489. The van der Waals surface area contributed by atoms with E-state index in [1.54, 1.807) is 6.08 Å². The van der Waals surface area contributed by atoms with Gasteiger partial charge in [0, 0.05) is 12.5 Å². The number of ketones is 1. The topological polar surface area (TPSA) is 43.4 Å². The number of benzene rings is 1. The number of hydrogen-bond donors (Lipinski definition) is 0. The van der Waals surface area contributed by atoms with Crippen LogP contribution in [0.4, 0.5) is 4.39 Å². The van der Waals surface area contributed by atoms with Gasteiger partial charge in [-0.05, 0) is 56.3 Å². The van der Waals surface area contributed by atoms with Gasteiger partial charge in [0.15, 0.2) is 11.6 Å². The molecule has 30 heavy (non-hydrogen) atoms. The zero-order valence-corrected chi connectivity index (χ0v) is 20.8. The summed E-state index contributed by atoms with van der Waals surface area (Å²) in [6, 6.07) is 9.55. The lowest BCUT2D eigenvalue weighted by Crippen LogP contribution is -2.02. The van der Waals surface area contributed by atoms with Gasteiger partial charge in [-0.1, -0.05) is 43.2 Å². The van der Waals surface area contributed by atoms with Crippen molar-refractivity contribution in [3.63, 3.8) is 0 Å².